The van der Waals surface area contributed by atoms with Crippen LogP contribution in [0.25, 0.3) is 76.5 Å². The summed E-state index contributed by atoms with van der Waals surface area (Å²) in [4.78, 5) is 14.8. The maximum atomic E-state index is 14.8. The van der Waals surface area contributed by atoms with Crippen LogP contribution in [0.5, 0.6) is 11.5 Å². The molecule has 0 radical (unpaired) electrons. The summed E-state index contributed by atoms with van der Waals surface area (Å²) in [6.45, 7) is 2.38. The number of fused-ring (bicyclic) bond motifs is 8. The van der Waals surface area contributed by atoms with Crippen molar-refractivity contribution in [2.45, 2.75) is 13.5 Å². The van der Waals surface area contributed by atoms with E-state index in [1.807, 2.05) is 171 Å². The highest BCUT2D eigenvalue weighted by Gasteiger charge is 2.26. The lowest BCUT2D eigenvalue weighted by atomic mass is 9.90. The Bertz CT molecular complexity index is 3570. The van der Waals surface area contributed by atoms with Crippen LogP contribution in [0.2, 0.25) is 0 Å². The summed E-state index contributed by atoms with van der Waals surface area (Å²) in [5, 5.41) is 10.7. The van der Waals surface area contributed by atoms with Gasteiger partial charge in [0.2, 0.25) is 0 Å². The van der Waals surface area contributed by atoms with Gasteiger partial charge in [0, 0.05) is 39.2 Å². The van der Waals surface area contributed by atoms with Crippen LogP contribution < -0.4 is 14.4 Å². The highest BCUT2D eigenvalue weighted by atomic mass is 32.0. The number of carbonyl (C=O) groups is 1. The highest BCUT2D eigenvalue weighted by Crippen LogP contribution is 2.57. The van der Waals surface area contributed by atoms with Gasteiger partial charge >= 0.3 is 0 Å². The van der Waals surface area contributed by atoms with Crippen LogP contribution >= 0.6 is 32.4 Å². The fourth-order valence-electron chi connectivity index (χ4n) is 8.14. The molecule has 12 heteroatoms. The minimum Gasteiger partial charge on any atom is -0.462 e. The molecule has 0 bridgehead atoms. The smallest absolute Gasteiger partial charge is 0.280 e. The third-order valence-electron chi connectivity index (χ3n) is 11.3. The highest BCUT2D eigenvalue weighted by molar-refractivity contribution is 8.10. The maximum absolute atomic E-state index is 14.8. The summed E-state index contributed by atoms with van der Waals surface area (Å²) in [6, 6.07) is 62.2. The van der Waals surface area contributed by atoms with E-state index in [1.54, 1.807) is 0 Å². The molecule has 2 aromatic heterocycles. The fraction of sp³-hybridized carbons (Fsp3) is 0.0377. The van der Waals surface area contributed by atoms with E-state index in [4.69, 9.17) is 25.8 Å². The lowest BCUT2D eigenvalue weighted by Crippen LogP contribution is -2.23. The minimum absolute atomic E-state index is 0.225. The summed E-state index contributed by atoms with van der Waals surface area (Å²) in [6.07, 6.45) is 0. The number of hydrogen-bond acceptors (Lipinski definition) is 7. The van der Waals surface area contributed by atoms with Gasteiger partial charge in [-0.2, -0.15) is 0 Å². The second-order valence-corrected chi connectivity index (χ2v) is 21.2. The predicted octanol–water partition coefficient (Wildman–Crippen LogP) is 17.0. The van der Waals surface area contributed by atoms with Crippen molar-refractivity contribution in [2.24, 2.45) is 0 Å². The van der Waals surface area contributed by atoms with Crippen LogP contribution in [0.15, 0.2) is 205 Å². The summed E-state index contributed by atoms with van der Waals surface area (Å²) in [5.74, 6) is 0.701. The van der Waals surface area contributed by atoms with Crippen molar-refractivity contribution in [2.75, 3.05) is 0 Å². The fourth-order valence-corrected chi connectivity index (χ4v) is 13.1. The summed E-state index contributed by atoms with van der Waals surface area (Å²) in [7, 11) is -3.84. The largest absolute Gasteiger partial charge is 0.462 e. The molecule has 9 aromatic carbocycles. The number of para-hydroxylation sites is 4. The molecule has 0 fully saturated rings. The number of nitrogens with one attached hydrogen (secondary N) is 1. The van der Waals surface area contributed by atoms with E-state index < -0.39 is 15.4 Å². The Kier molecular flexibility index (Phi) is 11.4. The Labute approximate surface area is 378 Å². The van der Waals surface area contributed by atoms with Gasteiger partial charge in [0.1, 0.15) is 33.8 Å². The molecule has 11 rings (SSSR count). The van der Waals surface area contributed by atoms with E-state index >= 15 is 0 Å². The third kappa shape index (κ3) is 8.28. The number of benzene rings is 9. The number of rotatable bonds is 10. The average molecular weight is 926 g/mol. The standard InChI is InChI=1S/C53H39NO7P4/c1-34-26-28-35(29-27-34)33-54-53(55)44-32-37-15-3-5-17-39(37)51(52(44)57-63-65-60-47-24-12-8-20-42(47)43-21-9-13-25-48(43)61-65)50-38-16-4-2-14-36(38)30-31-49(50)56-62-64-58-45-22-10-6-18-40(45)41-19-7-11-23-46(41)59-64/h2-32,62-63H,33H2,1H3,(H,54,55). The zero-order valence-electron chi connectivity index (χ0n) is 34.9. The van der Waals surface area contributed by atoms with E-state index in [9.17, 15) is 4.79 Å². The molecule has 65 heavy (non-hydrogen) atoms. The quantitative estimate of drug-likeness (QED) is 0.136. The number of hydrogen-bond donors (Lipinski definition) is 1. The molecule has 11 aromatic rings. The molecule has 0 spiro atoms. The maximum Gasteiger partial charge on any atom is 0.280 e. The number of aryl methyl sites for hydroxylation is 1. The van der Waals surface area contributed by atoms with Crippen LogP contribution in [0.4, 0.5) is 0 Å². The van der Waals surface area contributed by atoms with Gasteiger partial charge in [-0.3, -0.25) is 4.79 Å². The van der Waals surface area contributed by atoms with Crippen molar-refractivity contribution in [3.8, 4) is 22.6 Å². The van der Waals surface area contributed by atoms with Crippen LogP contribution in [0, 0.1) is 6.92 Å². The molecule has 8 nitrogen and oxygen atoms in total. The third-order valence-corrected chi connectivity index (χ3v) is 16.2. The van der Waals surface area contributed by atoms with E-state index in [-0.39, 0.29) is 22.9 Å². The number of amides is 1. The van der Waals surface area contributed by atoms with Crippen molar-refractivity contribution in [1.82, 2.24) is 5.32 Å². The predicted molar refractivity (Wildman–Crippen MR) is 271 cm³/mol. The van der Waals surface area contributed by atoms with E-state index in [0.29, 0.717) is 40.3 Å². The first kappa shape index (κ1) is 41.0. The van der Waals surface area contributed by atoms with Crippen LogP contribution in [-0.2, 0) is 6.54 Å². The van der Waals surface area contributed by atoms with Crippen molar-refractivity contribution >= 4 is 104 Å². The van der Waals surface area contributed by atoms with Gasteiger partial charge in [-0.15, -0.1) is 0 Å². The first-order valence-electron chi connectivity index (χ1n) is 21.0. The Morgan fingerprint density at radius 3 is 1.48 bits per heavy atom. The Morgan fingerprint density at radius 1 is 0.492 bits per heavy atom. The summed E-state index contributed by atoms with van der Waals surface area (Å²) in [5.41, 5.74) is 6.87. The first-order chi connectivity index (χ1) is 32.0. The average Bonchev–Trinajstić information content (AvgIpc) is 3.62. The van der Waals surface area contributed by atoms with Crippen molar-refractivity contribution in [3.63, 3.8) is 0 Å². The van der Waals surface area contributed by atoms with Crippen LogP contribution in [0.1, 0.15) is 21.5 Å². The van der Waals surface area contributed by atoms with Crippen molar-refractivity contribution in [1.29, 1.82) is 0 Å². The molecule has 2 heterocycles. The molecule has 0 aliphatic rings. The molecule has 2 atom stereocenters. The van der Waals surface area contributed by atoms with Crippen LogP contribution in [-0.4, -0.2) is 5.91 Å². The first-order valence-corrected chi connectivity index (χ1v) is 26.9. The molecule has 0 aliphatic heterocycles. The molecule has 318 valence electrons. The van der Waals surface area contributed by atoms with Gasteiger partial charge in [0.25, 0.3) is 21.3 Å². The van der Waals surface area contributed by atoms with Gasteiger partial charge in [-0.1, -0.05) is 157 Å². The Morgan fingerprint density at radius 2 is 0.938 bits per heavy atom. The lowest BCUT2D eigenvalue weighted by molar-refractivity contribution is 0.0949. The topological polar surface area (TPSA) is 100 Å². The second kappa shape index (κ2) is 18.0. The second-order valence-electron chi connectivity index (χ2n) is 15.4. The molecule has 0 aliphatic carbocycles. The van der Waals surface area contributed by atoms with Crippen molar-refractivity contribution in [3.05, 3.63) is 205 Å². The molecular weight excluding hydrogens is 886 g/mol. The van der Waals surface area contributed by atoms with E-state index in [1.165, 1.54) is 0 Å². The number of carbonyl (C=O) groups excluding carboxylic acids is 1. The summed E-state index contributed by atoms with van der Waals surface area (Å²) >= 11 is 0. The SMILES string of the molecule is Cc1ccc(CNC(=O)c2cc3ccccc3c(-c3c(OPp4oc5ccccc5c5ccccc5o4)ccc4ccccc34)c2OPp2oc3ccccc3c3ccccc3o2)cc1. The van der Waals surface area contributed by atoms with Gasteiger partial charge in [0.05, 0.1) is 5.56 Å². The normalized spacial score (nSPS) is 11.8. The summed E-state index contributed by atoms with van der Waals surface area (Å²) < 4.78 is 40.5. The monoisotopic (exact) mass is 925 g/mol. The zero-order chi connectivity index (χ0) is 43.7. The van der Waals surface area contributed by atoms with Gasteiger partial charge < -0.3 is 31.2 Å². The van der Waals surface area contributed by atoms with Gasteiger partial charge in [0.15, 0.2) is 17.0 Å². The molecule has 0 saturated heterocycles. The molecular formula is C53H39NO7P4. The van der Waals surface area contributed by atoms with Crippen LogP contribution in [0.3, 0.4) is 0 Å². The van der Waals surface area contributed by atoms with E-state index in [2.05, 4.69) is 29.6 Å². The molecule has 1 amide bonds. The molecule has 1 N–H and O–H groups in total. The Balaban J connectivity index is 1.10. The Hall–Kier alpha value is -6.77. The lowest BCUT2D eigenvalue weighted by Gasteiger charge is -2.21. The molecule has 2 unspecified atom stereocenters. The zero-order valence-corrected chi connectivity index (χ0v) is 38.6. The van der Waals surface area contributed by atoms with Gasteiger partial charge in [-0.05, 0) is 70.4 Å². The van der Waals surface area contributed by atoms with E-state index in [0.717, 1.165) is 70.9 Å². The molecule has 0 saturated carbocycles. The minimum atomic E-state index is -1.69. The van der Waals surface area contributed by atoms with Crippen molar-refractivity contribution < 1.29 is 30.6 Å². The van der Waals surface area contributed by atoms with Gasteiger partial charge in [-0.25, -0.2) is 0 Å².